The Bertz CT molecular complexity index is 1070. The van der Waals surface area contributed by atoms with Crippen LogP contribution in [0.2, 0.25) is 0 Å². The van der Waals surface area contributed by atoms with E-state index < -0.39 is 0 Å². The van der Waals surface area contributed by atoms with Crippen LogP contribution < -0.4 is 5.73 Å². The first-order chi connectivity index (χ1) is 12.1. The second kappa shape index (κ2) is 6.15. The first-order valence-corrected chi connectivity index (χ1v) is 8.81. The number of thiophene rings is 1. The van der Waals surface area contributed by atoms with Crippen molar-refractivity contribution in [3.05, 3.63) is 83.4 Å². The lowest BCUT2D eigenvalue weighted by molar-refractivity contribution is 0.104. The van der Waals surface area contributed by atoms with Crippen molar-refractivity contribution >= 4 is 32.3 Å². The summed E-state index contributed by atoms with van der Waals surface area (Å²) in [4.78, 5) is 18.4. The third-order valence-electron chi connectivity index (χ3n) is 4.19. The van der Waals surface area contributed by atoms with Gasteiger partial charge in [0.25, 0.3) is 0 Å². The maximum atomic E-state index is 12.9. The van der Waals surface area contributed by atoms with Crippen LogP contribution in [0.1, 0.15) is 21.5 Å². The van der Waals surface area contributed by atoms with Gasteiger partial charge in [-0.1, -0.05) is 71.5 Å². The van der Waals surface area contributed by atoms with Crippen molar-refractivity contribution < 1.29 is 4.79 Å². The van der Waals surface area contributed by atoms with Gasteiger partial charge in [0.2, 0.25) is 0 Å². The Hall–Kier alpha value is -2.98. The SMILES string of the molecule is Cc1ccc(C(=O)c2c(N)sc3nc(-c4ccccc4)ccc23)cc1. The van der Waals surface area contributed by atoms with Gasteiger partial charge < -0.3 is 5.73 Å². The summed E-state index contributed by atoms with van der Waals surface area (Å²) in [6.45, 7) is 2.00. The van der Waals surface area contributed by atoms with E-state index in [1.54, 1.807) is 0 Å². The van der Waals surface area contributed by atoms with Crippen molar-refractivity contribution in [1.29, 1.82) is 0 Å². The number of ketones is 1. The lowest BCUT2D eigenvalue weighted by Gasteiger charge is -2.03. The van der Waals surface area contributed by atoms with E-state index in [1.165, 1.54) is 11.3 Å². The van der Waals surface area contributed by atoms with Crippen LogP contribution in [0.5, 0.6) is 0 Å². The van der Waals surface area contributed by atoms with Gasteiger partial charge in [0, 0.05) is 16.5 Å². The zero-order valence-electron chi connectivity index (χ0n) is 13.7. The van der Waals surface area contributed by atoms with Gasteiger partial charge in [-0.05, 0) is 19.1 Å². The average Bonchev–Trinajstić information content (AvgIpc) is 2.97. The summed E-state index contributed by atoms with van der Waals surface area (Å²) >= 11 is 1.36. The number of carbonyl (C=O) groups is 1. The van der Waals surface area contributed by atoms with Crippen LogP contribution in [0.3, 0.4) is 0 Å². The quantitative estimate of drug-likeness (QED) is 0.527. The van der Waals surface area contributed by atoms with Crippen molar-refractivity contribution in [1.82, 2.24) is 4.98 Å². The minimum Gasteiger partial charge on any atom is -0.390 e. The van der Waals surface area contributed by atoms with Gasteiger partial charge in [-0.2, -0.15) is 0 Å². The lowest BCUT2D eigenvalue weighted by atomic mass is 10.0. The summed E-state index contributed by atoms with van der Waals surface area (Å²) in [5, 5.41) is 1.33. The van der Waals surface area contributed by atoms with Gasteiger partial charge in [-0.3, -0.25) is 4.79 Å². The number of hydrogen-bond donors (Lipinski definition) is 1. The highest BCUT2D eigenvalue weighted by Crippen LogP contribution is 2.35. The number of nitrogens with two attached hydrogens (primary N) is 1. The molecule has 0 radical (unpaired) electrons. The normalized spacial score (nSPS) is 10.9. The van der Waals surface area contributed by atoms with Crippen LogP contribution in [-0.2, 0) is 0 Å². The molecule has 0 saturated heterocycles. The van der Waals surface area contributed by atoms with Crippen molar-refractivity contribution in [2.75, 3.05) is 5.73 Å². The molecule has 0 unspecified atom stereocenters. The summed E-state index contributed by atoms with van der Waals surface area (Å²) < 4.78 is 0. The van der Waals surface area contributed by atoms with Crippen molar-refractivity contribution in [3.63, 3.8) is 0 Å². The molecule has 25 heavy (non-hydrogen) atoms. The van der Waals surface area contributed by atoms with Crippen LogP contribution in [0, 0.1) is 6.92 Å². The number of pyridine rings is 1. The van der Waals surface area contributed by atoms with E-state index in [0.29, 0.717) is 16.1 Å². The zero-order chi connectivity index (χ0) is 17.4. The molecular weight excluding hydrogens is 328 g/mol. The van der Waals surface area contributed by atoms with Crippen molar-refractivity contribution in [3.8, 4) is 11.3 Å². The highest BCUT2D eigenvalue weighted by Gasteiger charge is 2.20. The molecule has 0 atom stereocenters. The molecule has 0 spiro atoms. The summed E-state index contributed by atoms with van der Waals surface area (Å²) in [6.07, 6.45) is 0. The van der Waals surface area contributed by atoms with Gasteiger partial charge in [0.1, 0.15) is 4.83 Å². The fourth-order valence-electron chi connectivity index (χ4n) is 2.85. The Morgan fingerprint density at radius 2 is 1.68 bits per heavy atom. The molecule has 4 rings (SSSR count). The Morgan fingerprint density at radius 1 is 0.960 bits per heavy atom. The number of nitrogens with zero attached hydrogens (tertiary/aromatic N) is 1. The van der Waals surface area contributed by atoms with Crippen LogP contribution in [0.25, 0.3) is 21.5 Å². The van der Waals surface area contributed by atoms with Crippen LogP contribution in [0.4, 0.5) is 5.00 Å². The largest absolute Gasteiger partial charge is 0.390 e. The second-order valence-corrected chi connectivity index (χ2v) is 6.98. The van der Waals surface area contributed by atoms with E-state index >= 15 is 0 Å². The minimum atomic E-state index is -0.0574. The third-order valence-corrected chi connectivity index (χ3v) is 5.12. The predicted octanol–water partition coefficient (Wildman–Crippen LogP) is 5.08. The Balaban J connectivity index is 1.81. The average molecular weight is 344 g/mol. The van der Waals surface area contributed by atoms with E-state index in [0.717, 1.165) is 27.0 Å². The lowest BCUT2D eigenvalue weighted by Crippen LogP contribution is -2.03. The number of nitrogen functional groups attached to an aromatic ring is 1. The molecule has 2 aromatic heterocycles. The van der Waals surface area contributed by atoms with Gasteiger partial charge in [-0.25, -0.2) is 4.98 Å². The Morgan fingerprint density at radius 3 is 2.40 bits per heavy atom. The summed E-state index contributed by atoms with van der Waals surface area (Å²) in [6, 6.07) is 21.4. The number of carbonyl (C=O) groups excluding carboxylic acids is 1. The topological polar surface area (TPSA) is 56.0 Å². The van der Waals surface area contributed by atoms with Gasteiger partial charge >= 0.3 is 0 Å². The van der Waals surface area contributed by atoms with E-state index in [1.807, 2.05) is 73.7 Å². The third kappa shape index (κ3) is 2.81. The Labute approximate surface area is 149 Å². The molecular formula is C21H16N2OS. The van der Waals surface area contributed by atoms with Crippen molar-refractivity contribution in [2.45, 2.75) is 6.92 Å². The van der Waals surface area contributed by atoms with Gasteiger partial charge in [0.15, 0.2) is 5.78 Å². The molecule has 2 N–H and O–H groups in total. The number of aryl methyl sites for hydroxylation is 1. The number of fused-ring (bicyclic) bond motifs is 1. The summed E-state index contributed by atoms with van der Waals surface area (Å²) in [7, 11) is 0. The molecule has 0 aliphatic rings. The molecule has 0 aliphatic carbocycles. The Kier molecular flexibility index (Phi) is 3.82. The maximum Gasteiger partial charge on any atom is 0.196 e. The number of benzene rings is 2. The van der Waals surface area contributed by atoms with Crippen molar-refractivity contribution in [2.24, 2.45) is 0 Å². The zero-order valence-corrected chi connectivity index (χ0v) is 14.5. The molecule has 4 heteroatoms. The molecule has 122 valence electrons. The standard InChI is InChI=1S/C21H16N2OS/c1-13-7-9-15(10-8-13)19(24)18-16-11-12-17(14-5-3-2-4-6-14)23-21(16)25-20(18)22/h2-12H,22H2,1H3. The van der Waals surface area contributed by atoms with Gasteiger partial charge in [-0.15, -0.1) is 0 Å². The molecule has 3 nitrogen and oxygen atoms in total. The maximum absolute atomic E-state index is 12.9. The second-order valence-electron chi connectivity index (χ2n) is 5.95. The van der Waals surface area contributed by atoms with Gasteiger partial charge in [0.05, 0.1) is 16.3 Å². The smallest absolute Gasteiger partial charge is 0.196 e. The fourth-order valence-corrected chi connectivity index (χ4v) is 3.79. The highest BCUT2D eigenvalue weighted by atomic mass is 32.1. The summed E-state index contributed by atoms with van der Waals surface area (Å²) in [5.41, 5.74) is 10.4. The molecule has 2 aromatic carbocycles. The molecule has 0 bridgehead atoms. The number of anilines is 1. The van der Waals surface area contributed by atoms with E-state index in [2.05, 4.69) is 0 Å². The molecule has 0 fully saturated rings. The molecule has 2 heterocycles. The molecule has 0 saturated carbocycles. The highest BCUT2D eigenvalue weighted by molar-refractivity contribution is 7.22. The number of aromatic nitrogens is 1. The molecule has 4 aromatic rings. The van der Waals surface area contributed by atoms with E-state index in [4.69, 9.17) is 10.7 Å². The van der Waals surface area contributed by atoms with Crippen LogP contribution in [0.15, 0.2) is 66.7 Å². The monoisotopic (exact) mass is 344 g/mol. The fraction of sp³-hybridized carbons (Fsp3) is 0.0476. The van der Waals surface area contributed by atoms with E-state index in [-0.39, 0.29) is 5.78 Å². The first-order valence-electron chi connectivity index (χ1n) is 7.99. The number of hydrogen-bond acceptors (Lipinski definition) is 4. The minimum absolute atomic E-state index is 0.0574. The van der Waals surface area contributed by atoms with Crippen LogP contribution >= 0.6 is 11.3 Å². The predicted molar refractivity (Wildman–Crippen MR) is 104 cm³/mol. The molecule has 0 aliphatic heterocycles. The first kappa shape index (κ1) is 15.5. The summed E-state index contributed by atoms with van der Waals surface area (Å²) in [5.74, 6) is -0.0574. The number of rotatable bonds is 3. The van der Waals surface area contributed by atoms with E-state index in [9.17, 15) is 4.79 Å². The molecule has 0 amide bonds. The van der Waals surface area contributed by atoms with Crippen LogP contribution in [-0.4, -0.2) is 10.8 Å².